The molecule has 0 unspecified atom stereocenters. The Balaban J connectivity index is 2.21. The maximum atomic E-state index is 14.2. The highest BCUT2D eigenvalue weighted by Gasteiger charge is 2.17. The van der Waals surface area contributed by atoms with Crippen molar-refractivity contribution in [1.82, 2.24) is 4.98 Å². The fraction of sp³-hybridized carbons (Fsp3) is 0.190. The van der Waals surface area contributed by atoms with Gasteiger partial charge in [-0.1, -0.05) is 0 Å². The van der Waals surface area contributed by atoms with E-state index in [0.717, 1.165) is 18.4 Å². The summed E-state index contributed by atoms with van der Waals surface area (Å²) in [5, 5.41) is 0. The second kappa shape index (κ2) is 8.38. The Hall–Kier alpha value is -3.40. The molecule has 1 heterocycles. The topological polar surface area (TPSA) is 91.5 Å². The molecular weight excluding hydrogens is 428 g/mol. The third kappa shape index (κ3) is 5.21. The van der Waals surface area contributed by atoms with Crippen LogP contribution in [0.15, 0.2) is 47.3 Å². The first-order chi connectivity index (χ1) is 14.4. The fourth-order valence-corrected chi connectivity index (χ4v) is 3.56. The van der Waals surface area contributed by atoms with Crippen LogP contribution in [0.3, 0.4) is 0 Å². The first-order valence-electron chi connectivity index (χ1n) is 9.11. The number of aromatic nitrogens is 1. The molecule has 0 fully saturated rings. The van der Waals surface area contributed by atoms with Gasteiger partial charge in [-0.25, -0.2) is 17.2 Å². The van der Waals surface area contributed by atoms with Crippen molar-refractivity contribution in [2.24, 2.45) is 0 Å². The molecule has 0 aliphatic heterocycles. The Kier molecular flexibility index (Phi) is 6.03. The molecule has 10 heteroatoms. The van der Waals surface area contributed by atoms with E-state index in [0.29, 0.717) is 28.6 Å². The highest BCUT2D eigenvalue weighted by atomic mass is 32.2. The summed E-state index contributed by atoms with van der Waals surface area (Å²) in [6, 6.07) is 8.97. The molecule has 0 spiro atoms. The van der Waals surface area contributed by atoms with Gasteiger partial charge in [0.2, 0.25) is 10.0 Å². The lowest BCUT2D eigenvalue weighted by molar-refractivity contribution is 0.439. The molecule has 0 aliphatic carbocycles. The molecule has 3 rings (SSSR count). The molecule has 0 radical (unpaired) electrons. The fourth-order valence-electron chi connectivity index (χ4n) is 3.01. The maximum absolute atomic E-state index is 14.2. The van der Waals surface area contributed by atoms with E-state index in [1.807, 2.05) is 0 Å². The molecule has 2 N–H and O–H groups in total. The van der Waals surface area contributed by atoms with E-state index < -0.39 is 21.7 Å². The number of H-pyrrole nitrogens is 1. The van der Waals surface area contributed by atoms with Crippen LogP contribution in [-0.4, -0.2) is 33.8 Å². The minimum atomic E-state index is -3.56. The second-order valence-electron chi connectivity index (χ2n) is 7.18. The van der Waals surface area contributed by atoms with Gasteiger partial charge in [-0.3, -0.25) is 9.52 Å². The van der Waals surface area contributed by atoms with Gasteiger partial charge >= 0.3 is 0 Å². The van der Waals surface area contributed by atoms with Gasteiger partial charge in [0.05, 0.1) is 6.26 Å². The van der Waals surface area contributed by atoms with Crippen LogP contribution < -0.4 is 19.9 Å². The number of anilines is 2. The van der Waals surface area contributed by atoms with Crippen LogP contribution in [0.1, 0.15) is 5.69 Å². The van der Waals surface area contributed by atoms with E-state index in [4.69, 9.17) is 4.74 Å². The number of nitrogens with zero attached hydrogens (tertiary/aromatic N) is 1. The molecule has 0 saturated carbocycles. The molecule has 0 saturated heterocycles. The van der Waals surface area contributed by atoms with Crippen molar-refractivity contribution in [3.05, 3.63) is 70.1 Å². The van der Waals surface area contributed by atoms with Crippen molar-refractivity contribution in [3.8, 4) is 22.6 Å². The number of halogens is 2. The van der Waals surface area contributed by atoms with E-state index in [1.165, 1.54) is 18.2 Å². The summed E-state index contributed by atoms with van der Waals surface area (Å²) >= 11 is 0. The molecule has 0 aliphatic rings. The van der Waals surface area contributed by atoms with Crippen LogP contribution in [-0.2, 0) is 10.0 Å². The summed E-state index contributed by atoms with van der Waals surface area (Å²) in [4.78, 5) is 16.6. The Bertz CT molecular complexity index is 1300. The van der Waals surface area contributed by atoms with Crippen molar-refractivity contribution in [2.75, 3.05) is 30.0 Å². The van der Waals surface area contributed by atoms with Crippen LogP contribution in [0.5, 0.6) is 11.5 Å². The number of nitrogens with one attached hydrogen (secondary N) is 2. The van der Waals surface area contributed by atoms with Gasteiger partial charge in [-0.05, 0) is 43.3 Å². The SMILES string of the molecule is Cc1[nH]c(=O)c(N(C)C)cc1-c1cc(NS(C)(=O)=O)ccc1Oc1ccc(F)cc1F. The number of hydrogen-bond donors (Lipinski definition) is 2. The first-order valence-corrected chi connectivity index (χ1v) is 11.0. The average molecular weight is 449 g/mol. The van der Waals surface area contributed by atoms with Crippen molar-refractivity contribution in [2.45, 2.75) is 6.92 Å². The smallest absolute Gasteiger partial charge is 0.271 e. The van der Waals surface area contributed by atoms with Crippen molar-refractivity contribution < 1.29 is 21.9 Å². The van der Waals surface area contributed by atoms with E-state index >= 15 is 0 Å². The van der Waals surface area contributed by atoms with Crippen molar-refractivity contribution in [3.63, 3.8) is 0 Å². The lowest BCUT2D eigenvalue weighted by Crippen LogP contribution is -2.21. The Labute approximate surface area is 178 Å². The van der Waals surface area contributed by atoms with Crippen molar-refractivity contribution >= 4 is 21.4 Å². The van der Waals surface area contributed by atoms with Gasteiger partial charge in [0.1, 0.15) is 17.3 Å². The van der Waals surface area contributed by atoms with E-state index in [9.17, 15) is 22.0 Å². The molecule has 7 nitrogen and oxygen atoms in total. The molecule has 0 bridgehead atoms. The Morgan fingerprint density at radius 2 is 1.68 bits per heavy atom. The highest BCUT2D eigenvalue weighted by Crippen LogP contribution is 2.38. The average Bonchev–Trinajstić information content (AvgIpc) is 2.63. The summed E-state index contributed by atoms with van der Waals surface area (Å²) in [5.74, 6) is -1.66. The number of ether oxygens (including phenoxy) is 1. The molecule has 1 aromatic heterocycles. The minimum absolute atomic E-state index is 0.185. The molecule has 31 heavy (non-hydrogen) atoms. The van der Waals surface area contributed by atoms with Crippen LogP contribution in [0.25, 0.3) is 11.1 Å². The molecule has 164 valence electrons. The van der Waals surface area contributed by atoms with Crippen LogP contribution in [0.4, 0.5) is 20.2 Å². The molecule has 0 atom stereocenters. The third-order valence-corrected chi connectivity index (χ3v) is 4.99. The summed E-state index contributed by atoms with van der Waals surface area (Å²) in [5.41, 5.74) is 1.75. The van der Waals surface area contributed by atoms with Gasteiger partial charge in [0.25, 0.3) is 5.56 Å². The predicted molar refractivity (Wildman–Crippen MR) is 116 cm³/mol. The van der Waals surface area contributed by atoms with Gasteiger partial charge in [0.15, 0.2) is 11.6 Å². The highest BCUT2D eigenvalue weighted by molar-refractivity contribution is 7.92. The Morgan fingerprint density at radius 3 is 2.29 bits per heavy atom. The monoisotopic (exact) mass is 449 g/mol. The number of aryl methyl sites for hydroxylation is 1. The summed E-state index contributed by atoms with van der Waals surface area (Å²) in [6.07, 6.45) is 1.01. The number of aromatic amines is 1. The zero-order chi connectivity index (χ0) is 22.9. The largest absolute Gasteiger partial charge is 0.454 e. The van der Waals surface area contributed by atoms with Gasteiger partial charge in [-0.2, -0.15) is 0 Å². The quantitative estimate of drug-likeness (QED) is 0.596. The third-order valence-electron chi connectivity index (χ3n) is 4.39. The number of benzene rings is 2. The summed E-state index contributed by atoms with van der Waals surface area (Å²) in [6.45, 7) is 1.68. The predicted octanol–water partition coefficient (Wildman–Crippen LogP) is 3.86. The van der Waals surface area contributed by atoms with Crippen LogP contribution in [0, 0.1) is 18.6 Å². The zero-order valence-corrected chi connectivity index (χ0v) is 18.1. The lowest BCUT2D eigenvalue weighted by Gasteiger charge is -2.18. The minimum Gasteiger partial charge on any atom is -0.454 e. The van der Waals surface area contributed by atoms with E-state index in [-0.39, 0.29) is 22.7 Å². The second-order valence-corrected chi connectivity index (χ2v) is 8.93. The Morgan fingerprint density at radius 1 is 1.00 bits per heavy atom. The number of hydrogen-bond acceptors (Lipinski definition) is 5. The van der Waals surface area contributed by atoms with E-state index in [1.54, 1.807) is 32.0 Å². The van der Waals surface area contributed by atoms with Crippen LogP contribution in [0.2, 0.25) is 0 Å². The molecular formula is C21H21F2N3O4S. The first kappa shape index (κ1) is 22.3. The molecule has 3 aromatic rings. The zero-order valence-electron chi connectivity index (χ0n) is 17.3. The molecule has 0 amide bonds. The number of rotatable bonds is 6. The number of sulfonamides is 1. The summed E-state index contributed by atoms with van der Waals surface area (Å²) < 4.78 is 58.8. The molecule has 2 aromatic carbocycles. The number of pyridine rings is 1. The van der Waals surface area contributed by atoms with Gasteiger partial charge in [0, 0.05) is 42.7 Å². The van der Waals surface area contributed by atoms with Gasteiger partial charge in [-0.15, -0.1) is 0 Å². The van der Waals surface area contributed by atoms with Crippen molar-refractivity contribution in [1.29, 1.82) is 0 Å². The normalized spacial score (nSPS) is 11.3. The standard InChI is InChI=1S/C21H21F2N3O4S/c1-12-15(11-18(26(2)3)21(27)24-12)16-10-14(25-31(4,28)29)6-8-19(16)30-20-7-5-13(22)9-17(20)23/h5-11,25H,1-4H3,(H,24,27). The maximum Gasteiger partial charge on any atom is 0.271 e. The van der Waals surface area contributed by atoms with Gasteiger partial charge < -0.3 is 14.6 Å². The van der Waals surface area contributed by atoms with Crippen LogP contribution >= 0.6 is 0 Å². The lowest BCUT2D eigenvalue weighted by atomic mass is 10.0. The summed E-state index contributed by atoms with van der Waals surface area (Å²) in [7, 11) is -0.146. The van der Waals surface area contributed by atoms with E-state index in [2.05, 4.69) is 9.71 Å².